The standard InChI is InChI=1S/C12H11NO2/c1-3-4-5-15-12-7-10(9-13)6-11(8-12)14-2/h1,6-8H,4-5H2,2H3. The van der Waals surface area contributed by atoms with E-state index in [1.165, 1.54) is 0 Å². The molecule has 0 unspecified atom stereocenters. The van der Waals surface area contributed by atoms with Crippen LogP contribution in [0, 0.1) is 23.7 Å². The molecule has 0 saturated heterocycles. The van der Waals surface area contributed by atoms with Crippen LogP contribution in [0.3, 0.4) is 0 Å². The maximum Gasteiger partial charge on any atom is 0.124 e. The largest absolute Gasteiger partial charge is 0.497 e. The monoisotopic (exact) mass is 201 g/mol. The first-order valence-electron chi connectivity index (χ1n) is 4.45. The summed E-state index contributed by atoms with van der Waals surface area (Å²) in [5.41, 5.74) is 0.505. The van der Waals surface area contributed by atoms with Crippen molar-refractivity contribution in [3.8, 4) is 29.9 Å². The van der Waals surface area contributed by atoms with E-state index < -0.39 is 0 Å². The fraction of sp³-hybridized carbons (Fsp3) is 0.250. The number of hydrogen-bond donors (Lipinski definition) is 0. The van der Waals surface area contributed by atoms with E-state index in [4.69, 9.17) is 21.2 Å². The summed E-state index contributed by atoms with van der Waals surface area (Å²) in [5.74, 6) is 3.67. The van der Waals surface area contributed by atoms with Crippen LogP contribution in [0.1, 0.15) is 12.0 Å². The van der Waals surface area contributed by atoms with E-state index in [0.717, 1.165) is 0 Å². The first-order valence-corrected chi connectivity index (χ1v) is 4.45. The Labute approximate surface area is 89.2 Å². The third-order valence-electron chi connectivity index (χ3n) is 1.76. The highest BCUT2D eigenvalue weighted by molar-refractivity contribution is 5.43. The molecule has 0 bridgehead atoms. The van der Waals surface area contributed by atoms with E-state index >= 15 is 0 Å². The van der Waals surface area contributed by atoms with Gasteiger partial charge in [-0.1, -0.05) is 0 Å². The first-order chi connectivity index (χ1) is 7.30. The quantitative estimate of drug-likeness (QED) is 0.552. The summed E-state index contributed by atoms with van der Waals surface area (Å²) < 4.78 is 10.4. The summed E-state index contributed by atoms with van der Waals surface area (Å²) in [6.45, 7) is 0.439. The van der Waals surface area contributed by atoms with E-state index in [1.807, 2.05) is 6.07 Å². The highest BCUT2D eigenvalue weighted by atomic mass is 16.5. The minimum atomic E-state index is 0.439. The molecule has 3 heteroatoms. The molecule has 0 atom stereocenters. The number of ether oxygens (including phenoxy) is 2. The Hall–Kier alpha value is -2.13. The molecular formula is C12H11NO2. The zero-order valence-electron chi connectivity index (χ0n) is 8.49. The van der Waals surface area contributed by atoms with Gasteiger partial charge in [0.05, 0.1) is 25.3 Å². The van der Waals surface area contributed by atoms with Gasteiger partial charge in [-0.05, 0) is 12.1 Å². The van der Waals surface area contributed by atoms with Crippen molar-refractivity contribution in [2.24, 2.45) is 0 Å². The van der Waals surface area contributed by atoms with Crippen LogP contribution >= 0.6 is 0 Å². The molecule has 1 rings (SSSR count). The summed E-state index contributed by atoms with van der Waals surface area (Å²) in [6, 6.07) is 7.05. The van der Waals surface area contributed by atoms with Crippen molar-refractivity contribution < 1.29 is 9.47 Å². The summed E-state index contributed by atoms with van der Waals surface area (Å²) in [6.07, 6.45) is 5.64. The fourth-order valence-electron chi connectivity index (χ4n) is 1.07. The Morgan fingerprint density at radius 1 is 1.33 bits per heavy atom. The molecule has 1 aromatic rings. The molecule has 0 aliphatic rings. The molecule has 0 saturated carbocycles. The van der Waals surface area contributed by atoms with Crippen LogP contribution < -0.4 is 9.47 Å². The van der Waals surface area contributed by atoms with Gasteiger partial charge >= 0.3 is 0 Å². The SMILES string of the molecule is C#CCCOc1cc(C#N)cc(OC)c1. The second kappa shape index (κ2) is 5.57. The Kier molecular flexibility index (Phi) is 4.06. The predicted octanol–water partition coefficient (Wildman–Crippen LogP) is 1.97. The smallest absolute Gasteiger partial charge is 0.124 e. The second-order valence-corrected chi connectivity index (χ2v) is 2.81. The van der Waals surface area contributed by atoms with Crippen LogP contribution in [0.2, 0.25) is 0 Å². The lowest BCUT2D eigenvalue weighted by atomic mass is 10.2. The average Bonchev–Trinajstić information content (AvgIpc) is 2.29. The minimum Gasteiger partial charge on any atom is -0.497 e. The zero-order valence-corrected chi connectivity index (χ0v) is 8.49. The van der Waals surface area contributed by atoms with Crippen LogP contribution in [0.5, 0.6) is 11.5 Å². The van der Waals surface area contributed by atoms with Gasteiger partial charge in [0, 0.05) is 12.5 Å². The molecule has 0 heterocycles. The van der Waals surface area contributed by atoms with Gasteiger partial charge in [-0.3, -0.25) is 0 Å². The highest BCUT2D eigenvalue weighted by Gasteiger charge is 2.01. The second-order valence-electron chi connectivity index (χ2n) is 2.81. The summed E-state index contributed by atoms with van der Waals surface area (Å²) >= 11 is 0. The van der Waals surface area contributed by atoms with Crippen LogP contribution in [0.4, 0.5) is 0 Å². The Balaban J connectivity index is 2.80. The van der Waals surface area contributed by atoms with Crippen LogP contribution in [0.15, 0.2) is 18.2 Å². The lowest BCUT2D eigenvalue weighted by Gasteiger charge is -2.06. The minimum absolute atomic E-state index is 0.439. The molecule has 0 radical (unpaired) electrons. The molecule has 0 aromatic heterocycles. The predicted molar refractivity (Wildman–Crippen MR) is 56.7 cm³/mol. The zero-order chi connectivity index (χ0) is 11.1. The maximum absolute atomic E-state index is 8.76. The summed E-state index contributed by atoms with van der Waals surface area (Å²) in [4.78, 5) is 0. The van der Waals surface area contributed by atoms with E-state index in [2.05, 4.69) is 5.92 Å². The van der Waals surface area contributed by atoms with Gasteiger partial charge in [0.1, 0.15) is 11.5 Å². The van der Waals surface area contributed by atoms with Crippen molar-refractivity contribution >= 4 is 0 Å². The van der Waals surface area contributed by atoms with Crippen molar-refractivity contribution in [3.05, 3.63) is 23.8 Å². The summed E-state index contributed by atoms with van der Waals surface area (Å²) in [7, 11) is 1.54. The molecule has 3 nitrogen and oxygen atoms in total. The number of nitrogens with zero attached hydrogens (tertiary/aromatic N) is 1. The number of nitriles is 1. The fourth-order valence-corrected chi connectivity index (χ4v) is 1.07. The number of hydrogen-bond acceptors (Lipinski definition) is 3. The number of methoxy groups -OCH3 is 1. The molecule has 0 amide bonds. The van der Waals surface area contributed by atoms with Crippen LogP contribution in [0.25, 0.3) is 0 Å². The molecule has 0 fully saturated rings. The van der Waals surface area contributed by atoms with E-state index in [9.17, 15) is 0 Å². The van der Waals surface area contributed by atoms with Gasteiger partial charge in [-0.25, -0.2) is 0 Å². The Morgan fingerprint density at radius 2 is 2.07 bits per heavy atom. The molecule has 15 heavy (non-hydrogen) atoms. The van der Waals surface area contributed by atoms with Gasteiger partial charge < -0.3 is 9.47 Å². The molecule has 1 aromatic carbocycles. The first kappa shape index (κ1) is 10.9. The highest BCUT2D eigenvalue weighted by Crippen LogP contribution is 2.22. The molecule has 0 aliphatic heterocycles. The summed E-state index contributed by atoms with van der Waals surface area (Å²) in [5, 5.41) is 8.76. The van der Waals surface area contributed by atoms with Crippen molar-refractivity contribution in [1.82, 2.24) is 0 Å². The van der Waals surface area contributed by atoms with Crippen molar-refractivity contribution in [1.29, 1.82) is 5.26 Å². The lowest BCUT2D eigenvalue weighted by molar-refractivity contribution is 0.324. The van der Waals surface area contributed by atoms with Gasteiger partial charge in [0.15, 0.2) is 0 Å². The number of terminal acetylenes is 1. The van der Waals surface area contributed by atoms with Crippen molar-refractivity contribution in [3.63, 3.8) is 0 Å². The van der Waals surface area contributed by atoms with Crippen molar-refractivity contribution in [2.45, 2.75) is 6.42 Å². The third-order valence-corrected chi connectivity index (χ3v) is 1.76. The van der Waals surface area contributed by atoms with E-state index in [1.54, 1.807) is 25.3 Å². The normalized spacial score (nSPS) is 8.73. The maximum atomic E-state index is 8.76. The Bertz CT molecular complexity index is 413. The van der Waals surface area contributed by atoms with Gasteiger partial charge in [0.25, 0.3) is 0 Å². The molecule has 0 aliphatic carbocycles. The third kappa shape index (κ3) is 3.25. The molecule has 76 valence electrons. The average molecular weight is 201 g/mol. The lowest BCUT2D eigenvalue weighted by Crippen LogP contribution is -1.96. The topological polar surface area (TPSA) is 42.2 Å². The van der Waals surface area contributed by atoms with Crippen molar-refractivity contribution in [2.75, 3.05) is 13.7 Å². The van der Waals surface area contributed by atoms with Crippen LogP contribution in [-0.4, -0.2) is 13.7 Å². The molecular weight excluding hydrogens is 190 g/mol. The van der Waals surface area contributed by atoms with Gasteiger partial charge in [0.2, 0.25) is 0 Å². The molecule has 0 N–H and O–H groups in total. The van der Waals surface area contributed by atoms with Gasteiger partial charge in [-0.15, -0.1) is 12.3 Å². The molecule has 0 spiro atoms. The van der Waals surface area contributed by atoms with E-state index in [-0.39, 0.29) is 0 Å². The van der Waals surface area contributed by atoms with Crippen LogP contribution in [-0.2, 0) is 0 Å². The van der Waals surface area contributed by atoms with E-state index in [0.29, 0.717) is 30.1 Å². The Morgan fingerprint density at radius 3 is 2.67 bits per heavy atom. The number of rotatable bonds is 4. The number of benzene rings is 1. The van der Waals surface area contributed by atoms with Gasteiger partial charge in [-0.2, -0.15) is 5.26 Å².